The number of hydrogen-bond donors (Lipinski definition) is 1. The maximum Gasteiger partial charge on any atom is 0.0805 e. The largest absolute Gasteiger partial charge is 0.390 e. The number of aliphatic hydroxyl groups is 1. The maximum absolute atomic E-state index is 9.23. The van der Waals surface area contributed by atoms with E-state index in [0.29, 0.717) is 0 Å². The normalized spacial score (nSPS) is 38.0. The van der Waals surface area contributed by atoms with Gasteiger partial charge < -0.3 is 9.84 Å². The fraction of sp³-hybridized carbons (Fsp3) is 1.00. The average Bonchev–Trinajstić information content (AvgIpc) is 1.99. The van der Waals surface area contributed by atoms with Gasteiger partial charge in [-0.05, 0) is 26.2 Å². The summed E-state index contributed by atoms with van der Waals surface area (Å²) in [4.78, 5) is 0. The first-order valence-corrected chi connectivity index (χ1v) is 3.60. The van der Waals surface area contributed by atoms with Crippen molar-refractivity contribution >= 4 is 0 Å². The molecule has 0 radical (unpaired) electrons. The highest BCUT2D eigenvalue weighted by atomic mass is 16.5. The molecule has 1 heterocycles. The van der Waals surface area contributed by atoms with Crippen molar-refractivity contribution in [2.45, 2.75) is 38.4 Å². The zero-order chi connectivity index (χ0) is 6.69. The van der Waals surface area contributed by atoms with Gasteiger partial charge in [-0.15, -0.1) is 0 Å². The molecule has 0 amide bonds. The topological polar surface area (TPSA) is 29.5 Å². The summed E-state index contributed by atoms with van der Waals surface area (Å²) in [5.41, 5.74) is 0. The van der Waals surface area contributed by atoms with E-state index in [0.717, 1.165) is 25.9 Å². The Labute approximate surface area is 55.8 Å². The molecule has 0 bridgehead atoms. The molecule has 1 saturated heterocycles. The monoisotopic (exact) mass is 130 g/mol. The van der Waals surface area contributed by atoms with Gasteiger partial charge in [0.1, 0.15) is 0 Å². The smallest absolute Gasteiger partial charge is 0.0805 e. The molecular formula is C7H14O2. The van der Waals surface area contributed by atoms with E-state index in [4.69, 9.17) is 4.74 Å². The minimum atomic E-state index is -0.229. The Morgan fingerprint density at radius 2 is 2.22 bits per heavy atom. The molecule has 0 aromatic rings. The molecule has 0 spiro atoms. The predicted molar refractivity (Wildman–Crippen MR) is 35.3 cm³/mol. The van der Waals surface area contributed by atoms with Crippen molar-refractivity contribution < 1.29 is 9.84 Å². The molecule has 1 aliphatic rings. The molecule has 1 aliphatic heterocycles. The second-order valence-electron chi connectivity index (χ2n) is 2.64. The van der Waals surface area contributed by atoms with Crippen molar-refractivity contribution in [1.29, 1.82) is 0 Å². The van der Waals surface area contributed by atoms with Crippen molar-refractivity contribution in [2.24, 2.45) is 0 Å². The lowest BCUT2D eigenvalue weighted by Crippen LogP contribution is -2.23. The van der Waals surface area contributed by atoms with Gasteiger partial charge in [-0.3, -0.25) is 0 Å². The molecule has 2 nitrogen and oxygen atoms in total. The van der Waals surface area contributed by atoms with Crippen LogP contribution in [0.3, 0.4) is 0 Å². The molecule has 0 aromatic heterocycles. The van der Waals surface area contributed by atoms with E-state index >= 15 is 0 Å². The molecule has 2 unspecified atom stereocenters. The summed E-state index contributed by atoms with van der Waals surface area (Å²) in [7, 11) is 0. The number of hydrogen-bond acceptors (Lipinski definition) is 2. The van der Waals surface area contributed by atoms with Crippen molar-refractivity contribution in [1.82, 2.24) is 0 Å². The van der Waals surface area contributed by atoms with Crippen molar-refractivity contribution in [3.63, 3.8) is 0 Å². The van der Waals surface area contributed by atoms with E-state index in [9.17, 15) is 5.11 Å². The summed E-state index contributed by atoms with van der Waals surface area (Å²) in [5, 5.41) is 9.23. The van der Waals surface area contributed by atoms with Crippen LogP contribution in [0.4, 0.5) is 0 Å². The SMILES string of the molecule is CC1OCCCCC1O. The maximum atomic E-state index is 9.23. The number of rotatable bonds is 0. The lowest BCUT2D eigenvalue weighted by molar-refractivity contribution is -0.0136. The van der Waals surface area contributed by atoms with Gasteiger partial charge >= 0.3 is 0 Å². The van der Waals surface area contributed by atoms with E-state index in [1.165, 1.54) is 0 Å². The Bertz CT molecular complexity index is 73.0. The Hall–Kier alpha value is -0.0800. The van der Waals surface area contributed by atoms with Crippen molar-refractivity contribution in [3.8, 4) is 0 Å². The quantitative estimate of drug-likeness (QED) is 0.528. The summed E-state index contributed by atoms with van der Waals surface area (Å²) >= 11 is 0. The Morgan fingerprint density at radius 3 is 3.00 bits per heavy atom. The Kier molecular flexibility index (Phi) is 2.49. The summed E-state index contributed by atoms with van der Waals surface area (Å²) in [6, 6.07) is 0. The van der Waals surface area contributed by atoms with Crippen LogP contribution in [-0.4, -0.2) is 23.9 Å². The highest BCUT2D eigenvalue weighted by molar-refractivity contribution is 4.66. The molecule has 2 atom stereocenters. The molecule has 0 aliphatic carbocycles. The summed E-state index contributed by atoms with van der Waals surface area (Å²) in [5.74, 6) is 0. The second kappa shape index (κ2) is 3.18. The van der Waals surface area contributed by atoms with Gasteiger partial charge in [-0.25, -0.2) is 0 Å². The van der Waals surface area contributed by atoms with Gasteiger partial charge in [-0.1, -0.05) is 0 Å². The molecule has 1 rings (SSSR count). The zero-order valence-electron chi connectivity index (χ0n) is 5.84. The average molecular weight is 130 g/mol. The van der Waals surface area contributed by atoms with Crippen molar-refractivity contribution in [2.75, 3.05) is 6.61 Å². The summed E-state index contributed by atoms with van der Waals surface area (Å²) < 4.78 is 5.27. The highest BCUT2D eigenvalue weighted by Gasteiger charge is 2.16. The predicted octanol–water partition coefficient (Wildman–Crippen LogP) is 0.936. The third-order valence-corrected chi connectivity index (χ3v) is 1.82. The molecule has 9 heavy (non-hydrogen) atoms. The van der Waals surface area contributed by atoms with Gasteiger partial charge in [-0.2, -0.15) is 0 Å². The van der Waals surface area contributed by atoms with E-state index in [1.807, 2.05) is 6.92 Å². The van der Waals surface area contributed by atoms with Crippen LogP contribution in [-0.2, 0) is 4.74 Å². The molecule has 54 valence electrons. The summed E-state index contributed by atoms with van der Waals surface area (Å²) in [6.45, 7) is 2.74. The highest BCUT2D eigenvalue weighted by Crippen LogP contribution is 2.12. The standard InChI is InChI=1S/C7H14O2/c1-6-7(8)4-2-3-5-9-6/h6-8H,2-5H2,1H3. The molecule has 0 saturated carbocycles. The lowest BCUT2D eigenvalue weighted by atomic mass is 10.1. The fourth-order valence-corrected chi connectivity index (χ4v) is 1.07. The third-order valence-electron chi connectivity index (χ3n) is 1.82. The van der Waals surface area contributed by atoms with Crippen LogP contribution in [0.5, 0.6) is 0 Å². The fourth-order valence-electron chi connectivity index (χ4n) is 1.07. The zero-order valence-corrected chi connectivity index (χ0v) is 5.84. The molecule has 0 aromatic carbocycles. The van der Waals surface area contributed by atoms with Crippen LogP contribution < -0.4 is 0 Å². The molecule has 2 heteroatoms. The Balaban J connectivity index is 2.32. The van der Waals surface area contributed by atoms with Gasteiger partial charge in [0, 0.05) is 6.61 Å². The van der Waals surface area contributed by atoms with E-state index < -0.39 is 0 Å². The van der Waals surface area contributed by atoms with Gasteiger partial charge in [0.2, 0.25) is 0 Å². The first-order valence-electron chi connectivity index (χ1n) is 3.60. The van der Waals surface area contributed by atoms with E-state index in [1.54, 1.807) is 0 Å². The van der Waals surface area contributed by atoms with Crippen LogP contribution in [0.1, 0.15) is 26.2 Å². The summed E-state index contributed by atoms with van der Waals surface area (Å²) in [6.07, 6.45) is 2.92. The number of ether oxygens (including phenoxy) is 1. The number of aliphatic hydroxyl groups excluding tert-OH is 1. The Morgan fingerprint density at radius 1 is 1.44 bits per heavy atom. The first kappa shape index (κ1) is 7.03. The molecule has 1 fully saturated rings. The third kappa shape index (κ3) is 1.95. The van der Waals surface area contributed by atoms with Gasteiger partial charge in [0.25, 0.3) is 0 Å². The van der Waals surface area contributed by atoms with Crippen LogP contribution in [0.25, 0.3) is 0 Å². The second-order valence-corrected chi connectivity index (χ2v) is 2.64. The van der Waals surface area contributed by atoms with Gasteiger partial charge in [0.15, 0.2) is 0 Å². The lowest BCUT2D eigenvalue weighted by Gasteiger charge is -2.14. The van der Waals surface area contributed by atoms with E-state index in [-0.39, 0.29) is 12.2 Å². The molecule has 1 N–H and O–H groups in total. The van der Waals surface area contributed by atoms with Crippen LogP contribution >= 0.6 is 0 Å². The van der Waals surface area contributed by atoms with Crippen LogP contribution in [0.15, 0.2) is 0 Å². The van der Waals surface area contributed by atoms with E-state index in [2.05, 4.69) is 0 Å². The molecular weight excluding hydrogens is 116 g/mol. The van der Waals surface area contributed by atoms with Crippen LogP contribution in [0.2, 0.25) is 0 Å². The van der Waals surface area contributed by atoms with Crippen LogP contribution in [0, 0.1) is 0 Å². The van der Waals surface area contributed by atoms with Crippen molar-refractivity contribution in [3.05, 3.63) is 0 Å². The minimum absolute atomic E-state index is 0.0486. The van der Waals surface area contributed by atoms with Gasteiger partial charge in [0.05, 0.1) is 12.2 Å². The minimum Gasteiger partial charge on any atom is -0.390 e. The first-order chi connectivity index (χ1) is 4.30.